The lowest BCUT2D eigenvalue weighted by Gasteiger charge is -2.38. The summed E-state index contributed by atoms with van der Waals surface area (Å²) in [6.07, 6.45) is 7.47. The molecule has 1 unspecified atom stereocenters. The van der Waals surface area contributed by atoms with Gasteiger partial charge in [0.05, 0.1) is 12.1 Å². The Morgan fingerprint density at radius 2 is 1.70 bits per heavy atom. The van der Waals surface area contributed by atoms with Gasteiger partial charge in [0, 0.05) is 18.8 Å². The lowest BCUT2D eigenvalue weighted by molar-refractivity contribution is -0.152. The normalized spacial score (nSPS) is 24.0. The summed E-state index contributed by atoms with van der Waals surface area (Å²) in [4.78, 5) is 31.5. The minimum Gasteiger partial charge on any atom is -0.359 e. The van der Waals surface area contributed by atoms with E-state index in [4.69, 9.17) is 9.73 Å². The molecule has 2 heterocycles. The van der Waals surface area contributed by atoms with Gasteiger partial charge in [-0.2, -0.15) is 5.01 Å². The molecule has 2 saturated carbocycles. The first-order chi connectivity index (χ1) is 18.0. The maximum Gasteiger partial charge on any atom is 0.270 e. The van der Waals surface area contributed by atoms with E-state index in [0.29, 0.717) is 24.5 Å². The van der Waals surface area contributed by atoms with Crippen LogP contribution in [0.2, 0.25) is 0 Å². The second-order valence-corrected chi connectivity index (χ2v) is 10.5. The fourth-order valence-corrected chi connectivity index (χ4v) is 5.72. The molecule has 2 amide bonds. The van der Waals surface area contributed by atoms with Crippen LogP contribution in [0.5, 0.6) is 0 Å². The molecule has 2 N–H and O–H groups in total. The minimum absolute atomic E-state index is 0.0417. The highest BCUT2D eigenvalue weighted by atomic mass is 16.5. The maximum absolute atomic E-state index is 13.7. The molecule has 0 saturated heterocycles. The number of ether oxygens (including phenoxy) is 1. The second kappa shape index (κ2) is 9.43. The van der Waals surface area contributed by atoms with E-state index in [1.54, 1.807) is 11.1 Å². The summed E-state index contributed by atoms with van der Waals surface area (Å²) < 4.78 is 6.43. The molecule has 2 aliphatic carbocycles. The van der Waals surface area contributed by atoms with Gasteiger partial charge in [0.15, 0.2) is 0 Å². The van der Waals surface area contributed by atoms with Gasteiger partial charge in [-0.1, -0.05) is 79.9 Å². The van der Waals surface area contributed by atoms with Gasteiger partial charge in [-0.05, 0) is 36.8 Å². The Balaban J connectivity index is 1.17. The van der Waals surface area contributed by atoms with Crippen LogP contribution < -0.4 is 10.6 Å². The molecule has 8 nitrogen and oxygen atoms in total. The van der Waals surface area contributed by atoms with Crippen LogP contribution in [0.3, 0.4) is 0 Å². The molecule has 0 radical (unpaired) electrons. The van der Waals surface area contributed by atoms with Crippen molar-refractivity contribution in [2.24, 2.45) is 4.99 Å². The van der Waals surface area contributed by atoms with E-state index < -0.39 is 5.60 Å². The Labute approximate surface area is 217 Å². The summed E-state index contributed by atoms with van der Waals surface area (Å²) in [6, 6.07) is 20.1. The second-order valence-electron chi connectivity index (χ2n) is 10.5. The van der Waals surface area contributed by atoms with Crippen molar-refractivity contribution in [1.82, 2.24) is 20.7 Å². The molecule has 192 valence electrons. The van der Waals surface area contributed by atoms with Gasteiger partial charge >= 0.3 is 0 Å². The van der Waals surface area contributed by atoms with Gasteiger partial charge in [0.2, 0.25) is 5.96 Å². The lowest BCUT2D eigenvalue weighted by Crippen LogP contribution is -2.55. The number of amides is 2. The first-order valence-corrected chi connectivity index (χ1v) is 13.2. The number of nitrogens with zero attached hydrogens (tertiary/aromatic N) is 3. The molecular weight excluding hydrogens is 466 g/mol. The van der Waals surface area contributed by atoms with E-state index in [0.717, 1.165) is 43.2 Å². The van der Waals surface area contributed by atoms with Crippen molar-refractivity contribution in [2.45, 2.75) is 62.3 Å². The SMILES string of the molecule is CN1C(c2ccccc2)N=C2NC(COC3(C(=O)NC4(c5ccccc5)CC4)CCCCC3)=CC(=O)N21. The number of hydrogen-bond donors (Lipinski definition) is 2. The van der Waals surface area contributed by atoms with Crippen LogP contribution in [0.4, 0.5) is 0 Å². The molecule has 2 aromatic rings. The molecule has 2 fully saturated rings. The third-order valence-electron chi connectivity index (χ3n) is 8.00. The summed E-state index contributed by atoms with van der Waals surface area (Å²) in [5.74, 6) is 0.255. The van der Waals surface area contributed by atoms with Gasteiger partial charge in [-0.15, -0.1) is 0 Å². The van der Waals surface area contributed by atoms with E-state index in [1.165, 1.54) is 0 Å². The third-order valence-corrected chi connectivity index (χ3v) is 8.00. The Morgan fingerprint density at radius 3 is 2.38 bits per heavy atom. The summed E-state index contributed by atoms with van der Waals surface area (Å²) in [5.41, 5.74) is 1.58. The molecule has 8 heteroatoms. The van der Waals surface area contributed by atoms with Crippen molar-refractivity contribution in [1.29, 1.82) is 0 Å². The van der Waals surface area contributed by atoms with Crippen LogP contribution in [0.25, 0.3) is 0 Å². The fraction of sp³-hybridized carbons (Fsp3) is 0.414. The van der Waals surface area contributed by atoms with Gasteiger partial charge in [-0.3, -0.25) is 9.59 Å². The van der Waals surface area contributed by atoms with Crippen molar-refractivity contribution in [3.63, 3.8) is 0 Å². The van der Waals surface area contributed by atoms with E-state index >= 15 is 0 Å². The number of carbonyl (C=O) groups excluding carboxylic acids is 2. The van der Waals surface area contributed by atoms with E-state index in [2.05, 4.69) is 22.8 Å². The number of nitrogens with one attached hydrogen (secondary N) is 2. The highest BCUT2D eigenvalue weighted by Gasteiger charge is 2.50. The number of fused-ring (bicyclic) bond motifs is 1. The van der Waals surface area contributed by atoms with Crippen LogP contribution in [0.15, 0.2) is 77.4 Å². The zero-order valence-electron chi connectivity index (χ0n) is 21.2. The molecule has 0 spiro atoms. The number of guanidine groups is 1. The highest BCUT2D eigenvalue weighted by molar-refractivity contribution is 6.06. The topological polar surface area (TPSA) is 86.3 Å². The molecule has 6 rings (SSSR count). The minimum atomic E-state index is -0.897. The highest BCUT2D eigenvalue weighted by Crippen LogP contribution is 2.46. The largest absolute Gasteiger partial charge is 0.359 e. The summed E-state index contributed by atoms with van der Waals surface area (Å²) in [7, 11) is 1.85. The Kier molecular flexibility index (Phi) is 6.09. The molecule has 2 aliphatic heterocycles. The number of hydrazine groups is 1. The standard InChI is InChI=1S/C29H33N5O3/c1-33-25(21-11-5-2-6-12-21)31-27-30-23(19-24(35)34(27)33)20-37-29(15-9-4-10-16-29)26(36)32-28(17-18-28)22-13-7-3-8-14-22/h2-3,5-8,11-14,19,25H,4,9-10,15-18,20H2,1H3,(H,30,31)(H,32,36). The monoisotopic (exact) mass is 499 g/mol. The molecule has 1 atom stereocenters. The van der Waals surface area contributed by atoms with Crippen molar-refractivity contribution >= 4 is 17.8 Å². The summed E-state index contributed by atoms with van der Waals surface area (Å²) in [5, 5.41) is 9.99. The number of benzene rings is 2. The molecule has 2 aromatic carbocycles. The van der Waals surface area contributed by atoms with Crippen LogP contribution in [-0.4, -0.2) is 47.0 Å². The molecule has 37 heavy (non-hydrogen) atoms. The molecule has 0 bridgehead atoms. The van der Waals surface area contributed by atoms with Crippen LogP contribution in [0.1, 0.15) is 62.2 Å². The quantitative estimate of drug-likeness (QED) is 0.606. The first-order valence-electron chi connectivity index (χ1n) is 13.2. The van der Waals surface area contributed by atoms with Crippen LogP contribution in [-0.2, 0) is 19.9 Å². The molecule has 0 aromatic heterocycles. The molecular formula is C29H33N5O3. The Bertz CT molecular complexity index is 1230. The average molecular weight is 500 g/mol. The Morgan fingerprint density at radius 1 is 1.03 bits per heavy atom. The van der Waals surface area contributed by atoms with Crippen molar-refractivity contribution in [3.05, 3.63) is 83.6 Å². The third kappa shape index (κ3) is 4.45. The zero-order valence-corrected chi connectivity index (χ0v) is 21.2. The van der Waals surface area contributed by atoms with Gasteiger partial charge in [0.1, 0.15) is 11.8 Å². The van der Waals surface area contributed by atoms with Crippen molar-refractivity contribution in [2.75, 3.05) is 13.7 Å². The fourth-order valence-electron chi connectivity index (χ4n) is 5.72. The van der Waals surface area contributed by atoms with E-state index in [9.17, 15) is 9.59 Å². The number of carbonyl (C=O) groups is 2. The van der Waals surface area contributed by atoms with Gasteiger partial charge < -0.3 is 15.4 Å². The van der Waals surface area contributed by atoms with Crippen molar-refractivity contribution in [3.8, 4) is 0 Å². The predicted octanol–water partition coefficient (Wildman–Crippen LogP) is 3.74. The zero-order chi connectivity index (χ0) is 25.5. The van der Waals surface area contributed by atoms with Gasteiger partial charge in [-0.25, -0.2) is 10.0 Å². The van der Waals surface area contributed by atoms with Crippen molar-refractivity contribution < 1.29 is 14.3 Å². The first kappa shape index (κ1) is 23.9. The molecule has 4 aliphatic rings. The smallest absolute Gasteiger partial charge is 0.270 e. The summed E-state index contributed by atoms with van der Waals surface area (Å²) in [6.45, 7) is 0.143. The van der Waals surface area contributed by atoms with Crippen LogP contribution >= 0.6 is 0 Å². The van der Waals surface area contributed by atoms with Crippen LogP contribution in [0, 0.1) is 0 Å². The maximum atomic E-state index is 13.7. The number of rotatable bonds is 7. The lowest BCUT2D eigenvalue weighted by atomic mass is 9.83. The average Bonchev–Trinajstić information content (AvgIpc) is 3.64. The van der Waals surface area contributed by atoms with E-state index in [-0.39, 0.29) is 30.1 Å². The summed E-state index contributed by atoms with van der Waals surface area (Å²) >= 11 is 0. The number of hydrogen-bond acceptors (Lipinski definition) is 6. The van der Waals surface area contributed by atoms with Gasteiger partial charge in [0.25, 0.3) is 11.8 Å². The number of aliphatic imine (C=N–C) groups is 1. The van der Waals surface area contributed by atoms with E-state index in [1.807, 2.05) is 60.6 Å². The Hall–Kier alpha value is -3.49. The predicted molar refractivity (Wildman–Crippen MR) is 140 cm³/mol.